The molecule has 1 aliphatic rings. The third kappa shape index (κ3) is 3.20. The van der Waals surface area contributed by atoms with E-state index in [0.29, 0.717) is 0 Å². The molecule has 5 nitrogen and oxygen atoms in total. The lowest BCUT2D eigenvalue weighted by Gasteiger charge is -2.07. The molecule has 2 aromatic carbocycles. The van der Waals surface area contributed by atoms with Crippen molar-refractivity contribution in [3.63, 3.8) is 0 Å². The molecule has 3 rings (SSSR count). The molecule has 1 aliphatic heterocycles. The Kier molecular flexibility index (Phi) is 4.43. The summed E-state index contributed by atoms with van der Waals surface area (Å²) in [6, 6.07) is 15.5. The molecule has 0 aliphatic carbocycles. The van der Waals surface area contributed by atoms with Crippen LogP contribution in [-0.4, -0.2) is 31.3 Å². The van der Waals surface area contributed by atoms with E-state index in [1.807, 2.05) is 37.3 Å². The second-order valence-electron chi connectivity index (χ2n) is 5.87. The molecule has 2 aromatic rings. The maximum Gasteiger partial charge on any atom is 0.302 e. The Morgan fingerprint density at radius 3 is 2.29 bits per heavy atom. The minimum Gasteiger partial charge on any atom is -0.464 e. The van der Waals surface area contributed by atoms with Crippen LogP contribution in [0.1, 0.15) is 24.1 Å². The van der Waals surface area contributed by atoms with Gasteiger partial charge in [-0.2, -0.15) is 4.31 Å². The van der Waals surface area contributed by atoms with Gasteiger partial charge in [0.05, 0.1) is 17.0 Å². The lowest BCUT2D eigenvalue weighted by atomic mass is 10.1. The number of carbonyl (C=O) groups excluding carboxylic acids is 1. The lowest BCUT2D eigenvalue weighted by molar-refractivity contribution is -0.141. The van der Waals surface area contributed by atoms with E-state index in [0.717, 1.165) is 11.1 Å². The first-order chi connectivity index (χ1) is 11.4. The van der Waals surface area contributed by atoms with E-state index in [2.05, 4.69) is 0 Å². The highest BCUT2D eigenvalue weighted by molar-refractivity contribution is 7.89. The van der Waals surface area contributed by atoms with Crippen LogP contribution in [0.4, 0.5) is 0 Å². The molecule has 1 unspecified atom stereocenters. The van der Waals surface area contributed by atoms with Crippen LogP contribution >= 0.6 is 0 Å². The third-order valence-corrected chi connectivity index (χ3v) is 5.99. The first-order valence-corrected chi connectivity index (χ1v) is 9.14. The van der Waals surface area contributed by atoms with Crippen LogP contribution < -0.4 is 0 Å². The number of rotatable bonds is 5. The van der Waals surface area contributed by atoms with Crippen molar-refractivity contribution in [2.24, 2.45) is 0 Å². The van der Waals surface area contributed by atoms with Gasteiger partial charge < -0.3 is 4.74 Å². The minimum absolute atomic E-state index is 0.0555. The van der Waals surface area contributed by atoms with Crippen molar-refractivity contribution in [2.75, 3.05) is 6.61 Å². The lowest BCUT2D eigenvalue weighted by Crippen LogP contribution is -2.18. The molecule has 1 heterocycles. The molecular formula is C18H19NO4S. The Morgan fingerprint density at radius 1 is 1.08 bits per heavy atom. The van der Waals surface area contributed by atoms with Gasteiger partial charge in [0, 0.05) is 6.92 Å². The molecule has 3 atom stereocenters. The number of nitrogens with zero attached hydrogens (tertiary/aromatic N) is 1. The fraction of sp³-hybridized carbons (Fsp3) is 0.278. The van der Waals surface area contributed by atoms with E-state index in [-0.39, 0.29) is 23.6 Å². The molecular weight excluding hydrogens is 326 g/mol. The van der Waals surface area contributed by atoms with E-state index in [1.165, 1.54) is 11.2 Å². The molecule has 0 spiro atoms. The van der Waals surface area contributed by atoms with Gasteiger partial charge in [-0.3, -0.25) is 4.79 Å². The highest BCUT2D eigenvalue weighted by Gasteiger charge is 2.56. The molecule has 1 fully saturated rings. The van der Waals surface area contributed by atoms with Crippen molar-refractivity contribution in [3.05, 3.63) is 65.7 Å². The number of hydrogen-bond acceptors (Lipinski definition) is 4. The second-order valence-corrected chi connectivity index (χ2v) is 7.72. The van der Waals surface area contributed by atoms with Gasteiger partial charge in [0.25, 0.3) is 0 Å². The highest BCUT2D eigenvalue weighted by atomic mass is 32.2. The van der Waals surface area contributed by atoms with E-state index < -0.39 is 16.0 Å². The maximum absolute atomic E-state index is 12.9. The molecule has 0 saturated carbocycles. The largest absolute Gasteiger partial charge is 0.464 e. The molecule has 6 heteroatoms. The van der Waals surface area contributed by atoms with E-state index in [1.54, 1.807) is 24.3 Å². The maximum atomic E-state index is 12.9. The van der Waals surface area contributed by atoms with Crippen molar-refractivity contribution in [1.29, 1.82) is 0 Å². The smallest absolute Gasteiger partial charge is 0.302 e. The summed E-state index contributed by atoms with van der Waals surface area (Å²) in [5.74, 6) is -0.415. The van der Waals surface area contributed by atoms with Gasteiger partial charge in [-0.1, -0.05) is 48.0 Å². The Morgan fingerprint density at radius 2 is 1.71 bits per heavy atom. The number of ether oxygens (including phenoxy) is 1. The van der Waals surface area contributed by atoms with Crippen LogP contribution in [-0.2, 0) is 19.6 Å². The molecule has 0 N–H and O–H groups in total. The minimum atomic E-state index is -3.63. The van der Waals surface area contributed by atoms with E-state index in [9.17, 15) is 13.2 Å². The zero-order valence-electron chi connectivity index (χ0n) is 13.5. The summed E-state index contributed by atoms with van der Waals surface area (Å²) in [7, 11) is -3.63. The molecule has 0 amide bonds. The number of benzene rings is 2. The van der Waals surface area contributed by atoms with Gasteiger partial charge in [-0.25, -0.2) is 8.42 Å². The van der Waals surface area contributed by atoms with Crippen LogP contribution in [0.5, 0.6) is 0 Å². The average Bonchev–Trinajstić information content (AvgIpc) is 3.29. The topological polar surface area (TPSA) is 63.5 Å². The molecule has 24 heavy (non-hydrogen) atoms. The second kappa shape index (κ2) is 6.37. The van der Waals surface area contributed by atoms with Gasteiger partial charge in [0.15, 0.2) is 0 Å². The monoisotopic (exact) mass is 345 g/mol. The van der Waals surface area contributed by atoms with Gasteiger partial charge >= 0.3 is 5.97 Å². The number of hydrogen-bond donors (Lipinski definition) is 0. The SMILES string of the molecule is CC(=O)OC[C@H]1[C@H](c2ccccc2)N1S(=O)(=O)c1ccc(C)cc1. The fourth-order valence-corrected chi connectivity index (χ4v) is 4.57. The first-order valence-electron chi connectivity index (χ1n) is 7.70. The van der Waals surface area contributed by atoms with Crippen molar-refractivity contribution in [2.45, 2.75) is 30.8 Å². The zero-order valence-corrected chi connectivity index (χ0v) is 14.4. The van der Waals surface area contributed by atoms with Crippen LogP contribution in [0, 0.1) is 6.92 Å². The predicted octanol–water partition coefficient (Wildman–Crippen LogP) is 2.67. The summed E-state index contributed by atoms with van der Waals surface area (Å²) in [6.07, 6.45) is 0. The summed E-state index contributed by atoms with van der Waals surface area (Å²) in [5.41, 5.74) is 1.89. The Balaban J connectivity index is 1.91. The molecule has 0 bridgehead atoms. The third-order valence-electron chi connectivity index (χ3n) is 4.07. The van der Waals surface area contributed by atoms with Gasteiger partial charge in [0.2, 0.25) is 10.0 Å². The first kappa shape index (κ1) is 16.7. The van der Waals surface area contributed by atoms with Gasteiger partial charge in [-0.15, -0.1) is 0 Å². The van der Waals surface area contributed by atoms with Gasteiger partial charge in [-0.05, 0) is 24.6 Å². The standard InChI is InChI=1S/C18H19NO4S/c1-13-8-10-16(11-9-13)24(21,22)19-17(12-23-14(2)20)18(19)15-6-4-3-5-7-15/h3-11,17-18H,12H2,1-2H3/t17-,18-,19?/m0/s1. The van der Waals surface area contributed by atoms with Crippen LogP contribution in [0.3, 0.4) is 0 Å². The normalized spacial score (nSPS) is 22.8. The Hall–Kier alpha value is -2.18. The van der Waals surface area contributed by atoms with Crippen LogP contribution in [0.25, 0.3) is 0 Å². The Bertz CT molecular complexity index is 831. The number of aryl methyl sites for hydroxylation is 1. The van der Waals surface area contributed by atoms with E-state index >= 15 is 0 Å². The van der Waals surface area contributed by atoms with Gasteiger partial charge in [0.1, 0.15) is 6.61 Å². The Labute approximate surface area is 141 Å². The van der Waals surface area contributed by atoms with Crippen molar-refractivity contribution >= 4 is 16.0 Å². The quantitative estimate of drug-likeness (QED) is 0.617. The summed E-state index contributed by atoms with van der Waals surface area (Å²) in [5, 5.41) is 0. The van der Waals surface area contributed by atoms with Crippen molar-refractivity contribution in [3.8, 4) is 0 Å². The van der Waals surface area contributed by atoms with Crippen molar-refractivity contribution < 1.29 is 17.9 Å². The number of carbonyl (C=O) groups is 1. The molecule has 1 saturated heterocycles. The van der Waals surface area contributed by atoms with Crippen LogP contribution in [0.15, 0.2) is 59.5 Å². The summed E-state index contributed by atoms with van der Waals surface area (Å²) >= 11 is 0. The summed E-state index contributed by atoms with van der Waals surface area (Å²) in [4.78, 5) is 11.3. The fourth-order valence-electron chi connectivity index (χ4n) is 2.80. The molecule has 0 radical (unpaired) electrons. The zero-order chi connectivity index (χ0) is 17.3. The predicted molar refractivity (Wildman–Crippen MR) is 89.8 cm³/mol. The van der Waals surface area contributed by atoms with Crippen molar-refractivity contribution in [1.82, 2.24) is 4.31 Å². The average molecular weight is 345 g/mol. The highest BCUT2D eigenvalue weighted by Crippen LogP contribution is 2.47. The molecule has 126 valence electrons. The molecule has 0 aromatic heterocycles. The van der Waals surface area contributed by atoms with Crippen LogP contribution in [0.2, 0.25) is 0 Å². The number of esters is 1. The summed E-state index contributed by atoms with van der Waals surface area (Å²) < 4.78 is 32.3. The van der Waals surface area contributed by atoms with E-state index in [4.69, 9.17) is 4.74 Å². The summed E-state index contributed by atoms with van der Waals surface area (Å²) in [6.45, 7) is 3.28. The number of sulfonamides is 1.